The van der Waals surface area contributed by atoms with Crippen LogP contribution >= 0.6 is 22.9 Å². The van der Waals surface area contributed by atoms with Gasteiger partial charge in [0.05, 0.1) is 15.9 Å². The molecule has 2 aromatic heterocycles. The Hall–Kier alpha value is -1.45. The van der Waals surface area contributed by atoms with Gasteiger partial charge in [-0.05, 0) is 24.6 Å². The molecule has 84 valence electrons. The molecule has 0 bridgehead atoms. The van der Waals surface area contributed by atoms with E-state index in [0.717, 1.165) is 32.2 Å². The summed E-state index contributed by atoms with van der Waals surface area (Å²) in [4.78, 5) is 8.82. The SMILES string of the molecule is Cc1cc2scnc2nc1-c1ccccc1Cl. The van der Waals surface area contributed by atoms with E-state index in [0.29, 0.717) is 0 Å². The predicted octanol–water partition coefficient (Wildman–Crippen LogP) is 4.32. The maximum absolute atomic E-state index is 6.20. The zero-order chi connectivity index (χ0) is 11.8. The Bertz CT molecular complexity index is 691. The second-order valence-corrected chi connectivity index (χ2v) is 5.10. The van der Waals surface area contributed by atoms with Crippen molar-refractivity contribution < 1.29 is 0 Å². The number of hydrogen-bond donors (Lipinski definition) is 0. The van der Waals surface area contributed by atoms with Crippen molar-refractivity contribution in [3.63, 3.8) is 0 Å². The lowest BCUT2D eigenvalue weighted by atomic mass is 10.1. The molecular weight excluding hydrogens is 252 g/mol. The number of pyridine rings is 1. The topological polar surface area (TPSA) is 25.8 Å². The quantitative estimate of drug-likeness (QED) is 0.651. The van der Waals surface area contributed by atoms with E-state index in [1.54, 1.807) is 11.3 Å². The van der Waals surface area contributed by atoms with Crippen LogP contribution in [0, 0.1) is 6.92 Å². The van der Waals surface area contributed by atoms with Gasteiger partial charge in [-0.25, -0.2) is 9.97 Å². The van der Waals surface area contributed by atoms with Crippen molar-refractivity contribution in [1.82, 2.24) is 9.97 Å². The van der Waals surface area contributed by atoms with Crippen LogP contribution in [0.25, 0.3) is 21.6 Å². The number of rotatable bonds is 1. The molecule has 17 heavy (non-hydrogen) atoms. The lowest BCUT2D eigenvalue weighted by Gasteiger charge is -2.06. The molecule has 0 fully saturated rings. The molecule has 0 atom stereocenters. The summed E-state index contributed by atoms with van der Waals surface area (Å²) >= 11 is 7.80. The highest BCUT2D eigenvalue weighted by Gasteiger charge is 2.10. The van der Waals surface area contributed by atoms with E-state index >= 15 is 0 Å². The van der Waals surface area contributed by atoms with Gasteiger partial charge in [-0.2, -0.15) is 0 Å². The summed E-state index contributed by atoms with van der Waals surface area (Å²) in [6.45, 7) is 2.05. The molecule has 0 unspecified atom stereocenters. The lowest BCUT2D eigenvalue weighted by Crippen LogP contribution is -1.89. The number of fused-ring (bicyclic) bond motifs is 1. The van der Waals surface area contributed by atoms with Crippen LogP contribution in [0.15, 0.2) is 35.8 Å². The zero-order valence-electron chi connectivity index (χ0n) is 9.14. The Morgan fingerprint density at radius 3 is 2.88 bits per heavy atom. The first-order valence-electron chi connectivity index (χ1n) is 5.21. The van der Waals surface area contributed by atoms with Gasteiger partial charge in [0.2, 0.25) is 0 Å². The molecule has 0 amide bonds. The van der Waals surface area contributed by atoms with Gasteiger partial charge in [0, 0.05) is 10.6 Å². The van der Waals surface area contributed by atoms with Crippen molar-refractivity contribution in [2.75, 3.05) is 0 Å². The second-order valence-electron chi connectivity index (χ2n) is 3.81. The molecule has 3 aromatic rings. The summed E-state index contributed by atoms with van der Waals surface area (Å²) in [6, 6.07) is 9.86. The highest BCUT2D eigenvalue weighted by molar-refractivity contribution is 7.16. The molecule has 2 heterocycles. The first-order valence-corrected chi connectivity index (χ1v) is 6.47. The Labute approximate surface area is 108 Å². The van der Waals surface area contributed by atoms with E-state index in [1.807, 2.05) is 36.7 Å². The second kappa shape index (κ2) is 4.09. The Balaban J connectivity index is 2.30. The highest BCUT2D eigenvalue weighted by atomic mass is 35.5. The average molecular weight is 261 g/mol. The molecule has 0 aliphatic carbocycles. The lowest BCUT2D eigenvalue weighted by molar-refractivity contribution is 1.29. The molecule has 0 aliphatic heterocycles. The Kier molecular flexibility index (Phi) is 2.57. The molecule has 3 rings (SSSR count). The predicted molar refractivity (Wildman–Crippen MR) is 72.6 cm³/mol. The molecule has 0 N–H and O–H groups in total. The molecule has 1 aromatic carbocycles. The highest BCUT2D eigenvalue weighted by Crippen LogP contribution is 2.30. The monoisotopic (exact) mass is 260 g/mol. The van der Waals surface area contributed by atoms with Crippen molar-refractivity contribution in [1.29, 1.82) is 0 Å². The number of halogens is 1. The summed E-state index contributed by atoms with van der Waals surface area (Å²) in [7, 11) is 0. The molecular formula is C13H9ClN2S. The van der Waals surface area contributed by atoms with Crippen molar-refractivity contribution in [2.45, 2.75) is 6.92 Å². The van der Waals surface area contributed by atoms with Crippen molar-refractivity contribution in [3.8, 4) is 11.3 Å². The normalized spacial score (nSPS) is 10.9. The van der Waals surface area contributed by atoms with Crippen molar-refractivity contribution >= 4 is 33.3 Å². The fourth-order valence-corrected chi connectivity index (χ4v) is 2.76. The summed E-state index contributed by atoms with van der Waals surface area (Å²) in [5.41, 5.74) is 5.59. The number of nitrogens with zero attached hydrogens (tertiary/aromatic N) is 2. The molecule has 0 spiro atoms. The summed E-state index contributed by atoms with van der Waals surface area (Å²) in [5, 5.41) is 0.720. The number of aryl methyl sites for hydroxylation is 1. The minimum atomic E-state index is 0.720. The average Bonchev–Trinajstić information content (AvgIpc) is 2.76. The van der Waals surface area contributed by atoms with E-state index in [4.69, 9.17) is 11.6 Å². The maximum Gasteiger partial charge on any atom is 0.170 e. The third-order valence-corrected chi connectivity index (χ3v) is 3.74. The first kappa shape index (κ1) is 10.7. The maximum atomic E-state index is 6.20. The van der Waals surface area contributed by atoms with Crippen LogP contribution in [-0.4, -0.2) is 9.97 Å². The van der Waals surface area contributed by atoms with Gasteiger partial charge in [-0.15, -0.1) is 11.3 Å². The van der Waals surface area contributed by atoms with Crippen LogP contribution in [0.4, 0.5) is 0 Å². The molecule has 0 saturated carbocycles. The van der Waals surface area contributed by atoms with Crippen LogP contribution in [0.3, 0.4) is 0 Å². The van der Waals surface area contributed by atoms with Crippen LogP contribution in [0.1, 0.15) is 5.56 Å². The van der Waals surface area contributed by atoms with Gasteiger partial charge in [0.15, 0.2) is 5.65 Å². The standard InChI is InChI=1S/C13H9ClN2S/c1-8-6-11-13(15-7-17-11)16-12(8)9-4-2-3-5-10(9)14/h2-7H,1H3. The summed E-state index contributed by atoms with van der Waals surface area (Å²) in [6.07, 6.45) is 0. The van der Waals surface area contributed by atoms with E-state index in [1.165, 1.54) is 0 Å². The fourth-order valence-electron chi connectivity index (χ4n) is 1.82. The Morgan fingerprint density at radius 1 is 1.24 bits per heavy atom. The van der Waals surface area contributed by atoms with E-state index in [2.05, 4.69) is 16.0 Å². The molecule has 0 saturated heterocycles. The van der Waals surface area contributed by atoms with Crippen molar-refractivity contribution in [2.24, 2.45) is 0 Å². The largest absolute Gasteiger partial charge is 0.227 e. The summed E-state index contributed by atoms with van der Waals surface area (Å²) < 4.78 is 1.11. The van der Waals surface area contributed by atoms with Gasteiger partial charge in [-0.1, -0.05) is 29.8 Å². The third kappa shape index (κ3) is 1.81. The van der Waals surface area contributed by atoms with E-state index in [-0.39, 0.29) is 0 Å². The van der Waals surface area contributed by atoms with E-state index in [9.17, 15) is 0 Å². The minimum Gasteiger partial charge on any atom is -0.227 e. The minimum absolute atomic E-state index is 0.720. The molecule has 2 nitrogen and oxygen atoms in total. The first-order chi connectivity index (χ1) is 8.25. The van der Waals surface area contributed by atoms with E-state index < -0.39 is 0 Å². The van der Waals surface area contributed by atoms with Gasteiger partial charge in [-0.3, -0.25) is 0 Å². The van der Waals surface area contributed by atoms with Gasteiger partial charge in [0.1, 0.15) is 0 Å². The number of thiazole rings is 1. The van der Waals surface area contributed by atoms with Crippen LogP contribution in [0.5, 0.6) is 0 Å². The Morgan fingerprint density at radius 2 is 2.06 bits per heavy atom. The van der Waals surface area contributed by atoms with Gasteiger partial charge in [0.25, 0.3) is 0 Å². The fraction of sp³-hybridized carbons (Fsp3) is 0.0769. The molecule has 4 heteroatoms. The smallest absolute Gasteiger partial charge is 0.170 e. The number of benzene rings is 1. The van der Waals surface area contributed by atoms with Gasteiger partial charge >= 0.3 is 0 Å². The van der Waals surface area contributed by atoms with Crippen molar-refractivity contribution in [3.05, 3.63) is 46.4 Å². The van der Waals surface area contributed by atoms with Gasteiger partial charge < -0.3 is 0 Å². The molecule has 0 radical (unpaired) electrons. The summed E-state index contributed by atoms with van der Waals surface area (Å²) in [5.74, 6) is 0. The van der Waals surface area contributed by atoms with Crippen LogP contribution in [0.2, 0.25) is 5.02 Å². The van der Waals surface area contributed by atoms with Crippen LogP contribution in [-0.2, 0) is 0 Å². The zero-order valence-corrected chi connectivity index (χ0v) is 10.7. The molecule has 0 aliphatic rings. The third-order valence-electron chi connectivity index (χ3n) is 2.64. The number of aromatic nitrogens is 2. The van der Waals surface area contributed by atoms with Crippen LogP contribution < -0.4 is 0 Å². The number of hydrogen-bond acceptors (Lipinski definition) is 3.